The molecular formula is C20H22N4O3. The van der Waals surface area contributed by atoms with E-state index in [1.807, 2.05) is 19.1 Å². The summed E-state index contributed by atoms with van der Waals surface area (Å²) in [5, 5.41) is 16.7. The smallest absolute Gasteiger partial charge is 0.321 e. The van der Waals surface area contributed by atoms with E-state index in [1.54, 1.807) is 36.4 Å². The van der Waals surface area contributed by atoms with Gasteiger partial charge in [-0.1, -0.05) is 25.1 Å². The highest BCUT2D eigenvalue weighted by Crippen LogP contribution is 2.18. The first kappa shape index (κ1) is 19.8. The number of amides is 3. The fraction of sp³-hybridized carbons (Fsp3) is 0.250. The standard InChI is InChI=1S/C20H22N4O3/c1-2-9-22-20(26)24-19(25)13-23-17-7-4-8-18(11-17)27-14-16-6-3-5-15(10-16)12-21/h3-8,10-11,23H,2,9,13-14H2,1H3,(H2,22,24,25,26). The third-order valence-corrected chi connectivity index (χ3v) is 3.54. The van der Waals surface area contributed by atoms with Gasteiger partial charge in [-0.2, -0.15) is 5.26 Å². The van der Waals surface area contributed by atoms with E-state index in [0.717, 1.165) is 12.0 Å². The fourth-order valence-electron chi connectivity index (χ4n) is 2.23. The Morgan fingerprint density at radius 2 is 1.96 bits per heavy atom. The molecule has 0 radical (unpaired) electrons. The second-order valence-corrected chi connectivity index (χ2v) is 5.79. The number of carbonyl (C=O) groups is 2. The molecular weight excluding hydrogens is 344 g/mol. The molecule has 7 heteroatoms. The summed E-state index contributed by atoms with van der Waals surface area (Å²) in [6.45, 7) is 2.74. The lowest BCUT2D eigenvalue weighted by Crippen LogP contribution is -2.42. The molecule has 0 aliphatic rings. The van der Waals surface area contributed by atoms with Gasteiger partial charge in [0.25, 0.3) is 0 Å². The van der Waals surface area contributed by atoms with Gasteiger partial charge in [0.05, 0.1) is 18.2 Å². The summed E-state index contributed by atoms with van der Waals surface area (Å²) in [5.41, 5.74) is 2.17. The van der Waals surface area contributed by atoms with E-state index in [0.29, 0.717) is 30.2 Å². The third kappa shape index (κ3) is 7.08. The number of nitrogens with one attached hydrogen (secondary N) is 3. The summed E-state index contributed by atoms with van der Waals surface area (Å²) in [5.74, 6) is 0.201. The number of rotatable bonds is 8. The first-order valence-electron chi connectivity index (χ1n) is 8.64. The van der Waals surface area contributed by atoms with Gasteiger partial charge in [-0.3, -0.25) is 10.1 Å². The Morgan fingerprint density at radius 3 is 2.74 bits per heavy atom. The Kier molecular flexibility index (Phi) is 7.67. The maximum Gasteiger partial charge on any atom is 0.321 e. The van der Waals surface area contributed by atoms with Crippen LogP contribution in [0.15, 0.2) is 48.5 Å². The molecule has 0 aromatic heterocycles. The van der Waals surface area contributed by atoms with Crippen LogP contribution in [-0.4, -0.2) is 25.0 Å². The second kappa shape index (κ2) is 10.5. The van der Waals surface area contributed by atoms with Crippen LogP contribution >= 0.6 is 0 Å². The first-order valence-corrected chi connectivity index (χ1v) is 8.64. The van der Waals surface area contributed by atoms with E-state index >= 15 is 0 Å². The molecule has 0 saturated carbocycles. The largest absolute Gasteiger partial charge is 0.489 e. The molecule has 140 valence electrons. The summed E-state index contributed by atoms with van der Waals surface area (Å²) in [6.07, 6.45) is 0.799. The van der Waals surface area contributed by atoms with Crippen molar-refractivity contribution in [3.8, 4) is 11.8 Å². The van der Waals surface area contributed by atoms with Crippen molar-refractivity contribution >= 4 is 17.6 Å². The zero-order chi connectivity index (χ0) is 19.5. The van der Waals surface area contributed by atoms with Gasteiger partial charge in [-0.15, -0.1) is 0 Å². The molecule has 7 nitrogen and oxygen atoms in total. The normalized spacial score (nSPS) is 9.78. The van der Waals surface area contributed by atoms with Crippen molar-refractivity contribution < 1.29 is 14.3 Å². The number of ether oxygens (including phenoxy) is 1. The van der Waals surface area contributed by atoms with E-state index in [2.05, 4.69) is 22.0 Å². The summed E-state index contributed by atoms with van der Waals surface area (Å²) in [4.78, 5) is 23.2. The number of hydrogen-bond acceptors (Lipinski definition) is 5. The summed E-state index contributed by atoms with van der Waals surface area (Å²) in [7, 11) is 0. The maximum absolute atomic E-state index is 11.8. The molecule has 0 bridgehead atoms. The van der Waals surface area contributed by atoms with Crippen LogP contribution in [0.3, 0.4) is 0 Å². The van der Waals surface area contributed by atoms with Crippen molar-refractivity contribution in [2.45, 2.75) is 20.0 Å². The lowest BCUT2D eigenvalue weighted by atomic mass is 10.1. The Labute approximate surface area is 158 Å². The van der Waals surface area contributed by atoms with Gasteiger partial charge >= 0.3 is 6.03 Å². The van der Waals surface area contributed by atoms with Gasteiger partial charge in [-0.05, 0) is 36.2 Å². The lowest BCUT2D eigenvalue weighted by molar-refractivity contribution is -0.118. The average molecular weight is 366 g/mol. The molecule has 3 N–H and O–H groups in total. The van der Waals surface area contributed by atoms with Crippen LogP contribution in [0.4, 0.5) is 10.5 Å². The first-order chi connectivity index (χ1) is 13.1. The Morgan fingerprint density at radius 1 is 1.15 bits per heavy atom. The second-order valence-electron chi connectivity index (χ2n) is 5.79. The number of imide groups is 1. The monoisotopic (exact) mass is 366 g/mol. The molecule has 0 unspecified atom stereocenters. The molecule has 3 amide bonds. The average Bonchev–Trinajstić information content (AvgIpc) is 2.69. The molecule has 0 spiro atoms. The fourth-order valence-corrected chi connectivity index (χ4v) is 2.23. The Bertz CT molecular complexity index is 830. The van der Waals surface area contributed by atoms with E-state index in [1.165, 1.54) is 0 Å². The maximum atomic E-state index is 11.8. The third-order valence-electron chi connectivity index (χ3n) is 3.54. The molecule has 0 aliphatic carbocycles. The van der Waals surface area contributed by atoms with Gasteiger partial charge in [-0.25, -0.2) is 4.79 Å². The van der Waals surface area contributed by atoms with Crippen molar-refractivity contribution in [3.05, 3.63) is 59.7 Å². The minimum absolute atomic E-state index is 0.0345. The van der Waals surface area contributed by atoms with Gasteiger partial charge in [0.2, 0.25) is 5.91 Å². The predicted octanol–water partition coefficient (Wildman–Crippen LogP) is 2.78. The number of anilines is 1. The van der Waals surface area contributed by atoms with E-state index in [-0.39, 0.29) is 6.54 Å². The number of urea groups is 1. The number of hydrogen-bond donors (Lipinski definition) is 3. The minimum Gasteiger partial charge on any atom is -0.489 e. The van der Waals surface area contributed by atoms with E-state index in [9.17, 15) is 9.59 Å². The van der Waals surface area contributed by atoms with Crippen molar-refractivity contribution in [1.29, 1.82) is 5.26 Å². The van der Waals surface area contributed by atoms with Crippen LogP contribution in [0.1, 0.15) is 24.5 Å². The van der Waals surface area contributed by atoms with Crippen LogP contribution in [0, 0.1) is 11.3 Å². The van der Waals surface area contributed by atoms with Crippen molar-refractivity contribution in [2.75, 3.05) is 18.4 Å². The number of carbonyl (C=O) groups excluding carboxylic acids is 2. The van der Waals surface area contributed by atoms with Gasteiger partial charge in [0, 0.05) is 18.3 Å². The molecule has 2 aromatic carbocycles. The lowest BCUT2D eigenvalue weighted by Gasteiger charge is -2.10. The highest BCUT2D eigenvalue weighted by Gasteiger charge is 2.07. The minimum atomic E-state index is -0.500. The van der Waals surface area contributed by atoms with Crippen molar-refractivity contribution in [2.24, 2.45) is 0 Å². The predicted molar refractivity (Wildman–Crippen MR) is 102 cm³/mol. The molecule has 0 fully saturated rings. The zero-order valence-electron chi connectivity index (χ0n) is 15.1. The molecule has 0 atom stereocenters. The SMILES string of the molecule is CCCNC(=O)NC(=O)CNc1cccc(OCc2cccc(C#N)c2)c1. The number of benzene rings is 2. The number of nitrogens with zero attached hydrogens (tertiary/aromatic N) is 1. The summed E-state index contributed by atoms with van der Waals surface area (Å²) >= 11 is 0. The topological polar surface area (TPSA) is 103 Å². The summed E-state index contributed by atoms with van der Waals surface area (Å²) in [6, 6.07) is 16.0. The molecule has 2 aromatic rings. The van der Waals surface area contributed by atoms with E-state index in [4.69, 9.17) is 10.00 Å². The molecule has 2 rings (SSSR count). The van der Waals surface area contributed by atoms with Crippen LogP contribution in [0.5, 0.6) is 5.75 Å². The van der Waals surface area contributed by atoms with Gasteiger partial charge < -0.3 is 15.4 Å². The number of nitriles is 1. The van der Waals surface area contributed by atoms with Gasteiger partial charge in [0.1, 0.15) is 12.4 Å². The van der Waals surface area contributed by atoms with Crippen molar-refractivity contribution in [1.82, 2.24) is 10.6 Å². The highest BCUT2D eigenvalue weighted by atomic mass is 16.5. The molecule has 0 aliphatic heterocycles. The Hall–Kier alpha value is -3.53. The van der Waals surface area contributed by atoms with Crippen LogP contribution in [0.2, 0.25) is 0 Å². The van der Waals surface area contributed by atoms with Crippen LogP contribution < -0.4 is 20.7 Å². The zero-order valence-corrected chi connectivity index (χ0v) is 15.1. The molecule has 0 heterocycles. The van der Waals surface area contributed by atoms with Crippen LogP contribution in [0.25, 0.3) is 0 Å². The molecule has 0 saturated heterocycles. The van der Waals surface area contributed by atoms with Crippen LogP contribution in [-0.2, 0) is 11.4 Å². The van der Waals surface area contributed by atoms with E-state index < -0.39 is 11.9 Å². The summed E-state index contributed by atoms with van der Waals surface area (Å²) < 4.78 is 5.73. The Balaban J connectivity index is 1.83. The van der Waals surface area contributed by atoms with Crippen molar-refractivity contribution in [3.63, 3.8) is 0 Å². The van der Waals surface area contributed by atoms with Gasteiger partial charge in [0.15, 0.2) is 0 Å². The highest BCUT2D eigenvalue weighted by molar-refractivity contribution is 5.96. The molecule has 27 heavy (non-hydrogen) atoms. The quantitative estimate of drug-likeness (QED) is 0.666.